The Morgan fingerprint density at radius 2 is 2.07 bits per heavy atom. The highest BCUT2D eigenvalue weighted by Crippen LogP contribution is 2.13. The van der Waals surface area contributed by atoms with E-state index in [4.69, 9.17) is 4.74 Å². The topological polar surface area (TPSA) is 47.0 Å². The maximum absolute atomic E-state index is 5.14. The summed E-state index contributed by atoms with van der Waals surface area (Å²) in [6.07, 6.45) is 1.78. The van der Waals surface area contributed by atoms with Crippen molar-refractivity contribution in [2.75, 3.05) is 19.0 Å². The molecular formula is C11H19N3O. The first-order valence-corrected chi connectivity index (χ1v) is 5.22. The van der Waals surface area contributed by atoms with Gasteiger partial charge in [-0.25, -0.2) is 9.97 Å². The summed E-state index contributed by atoms with van der Waals surface area (Å²) in [6.45, 7) is 7.00. The van der Waals surface area contributed by atoms with E-state index in [1.807, 2.05) is 13.0 Å². The summed E-state index contributed by atoms with van der Waals surface area (Å²) in [4.78, 5) is 8.35. The zero-order chi connectivity index (χ0) is 11.3. The number of ether oxygens (including phenoxy) is 1. The molecule has 0 radical (unpaired) electrons. The molecule has 1 atom stereocenters. The monoisotopic (exact) mass is 209 g/mol. The quantitative estimate of drug-likeness (QED) is 0.806. The van der Waals surface area contributed by atoms with E-state index < -0.39 is 0 Å². The van der Waals surface area contributed by atoms with Crippen molar-refractivity contribution in [1.82, 2.24) is 9.97 Å². The minimum Gasteiger partial charge on any atom is -0.380 e. The molecule has 84 valence electrons. The van der Waals surface area contributed by atoms with Gasteiger partial charge in [-0.05, 0) is 12.8 Å². The highest BCUT2D eigenvalue weighted by molar-refractivity contribution is 5.35. The molecule has 0 fully saturated rings. The van der Waals surface area contributed by atoms with Crippen LogP contribution in [0.3, 0.4) is 0 Å². The zero-order valence-corrected chi connectivity index (χ0v) is 9.82. The van der Waals surface area contributed by atoms with E-state index >= 15 is 0 Å². The Kier molecular flexibility index (Phi) is 4.49. The zero-order valence-electron chi connectivity index (χ0n) is 9.82. The Hall–Kier alpha value is -1.16. The minimum atomic E-state index is 0.183. The van der Waals surface area contributed by atoms with Crippen molar-refractivity contribution in [2.24, 2.45) is 0 Å². The first-order valence-electron chi connectivity index (χ1n) is 5.22. The first kappa shape index (κ1) is 11.9. The summed E-state index contributed by atoms with van der Waals surface area (Å²) in [7, 11) is 1.70. The number of nitrogens with one attached hydrogen (secondary N) is 1. The molecular weight excluding hydrogens is 190 g/mol. The van der Waals surface area contributed by atoms with Crippen LogP contribution in [0.4, 0.5) is 5.82 Å². The molecule has 1 heterocycles. The highest BCUT2D eigenvalue weighted by Gasteiger charge is 2.04. The molecule has 0 bridgehead atoms. The van der Waals surface area contributed by atoms with Crippen molar-refractivity contribution >= 4 is 5.82 Å². The van der Waals surface area contributed by atoms with Gasteiger partial charge in [-0.15, -0.1) is 0 Å². The number of hydrogen-bond donors (Lipinski definition) is 1. The standard InChI is InChI=1S/C11H19N3O/c1-8(2)10-5-11(14-7-13-10)12-6-9(3)15-4/h5,7-9H,6H2,1-4H3,(H,12,13,14). The Morgan fingerprint density at radius 3 is 2.67 bits per heavy atom. The molecule has 0 spiro atoms. The molecule has 4 heteroatoms. The molecule has 1 rings (SSSR count). The second-order valence-corrected chi connectivity index (χ2v) is 3.91. The van der Waals surface area contributed by atoms with Gasteiger partial charge in [0.2, 0.25) is 0 Å². The predicted octanol–water partition coefficient (Wildman–Crippen LogP) is 2.05. The second kappa shape index (κ2) is 5.66. The summed E-state index contributed by atoms with van der Waals surface area (Å²) in [5, 5.41) is 3.21. The lowest BCUT2D eigenvalue weighted by Crippen LogP contribution is -2.18. The molecule has 0 saturated heterocycles. The van der Waals surface area contributed by atoms with Crippen LogP contribution in [0.1, 0.15) is 32.4 Å². The van der Waals surface area contributed by atoms with Crippen LogP contribution < -0.4 is 5.32 Å². The van der Waals surface area contributed by atoms with Crippen LogP contribution in [-0.2, 0) is 4.74 Å². The smallest absolute Gasteiger partial charge is 0.129 e. The maximum atomic E-state index is 5.14. The van der Waals surface area contributed by atoms with Crippen LogP contribution >= 0.6 is 0 Å². The van der Waals surface area contributed by atoms with Crippen LogP contribution in [0.25, 0.3) is 0 Å². The van der Waals surface area contributed by atoms with Gasteiger partial charge in [0, 0.05) is 25.4 Å². The number of aromatic nitrogens is 2. The highest BCUT2D eigenvalue weighted by atomic mass is 16.5. The van der Waals surface area contributed by atoms with Crippen molar-refractivity contribution < 1.29 is 4.74 Å². The molecule has 4 nitrogen and oxygen atoms in total. The van der Waals surface area contributed by atoms with Crippen molar-refractivity contribution in [3.8, 4) is 0 Å². The molecule has 1 aromatic heterocycles. The average Bonchev–Trinajstić information content (AvgIpc) is 2.26. The molecule has 1 unspecified atom stereocenters. The van der Waals surface area contributed by atoms with Crippen LogP contribution in [0.15, 0.2) is 12.4 Å². The fourth-order valence-electron chi connectivity index (χ4n) is 1.12. The van der Waals surface area contributed by atoms with Crippen LogP contribution in [0.2, 0.25) is 0 Å². The molecule has 1 aromatic rings. The second-order valence-electron chi connectivity index (χ2n) is 3.91. The number of nitrogens with zero attached hydrogens (tertiary/aromatic N) is 2. The van der Waals surface area contributed by atoms with Gasteiger partial charge in [0.15, 0.2) is 0 Å². The van der Waals surface area contributed by atoms with E-state index in [0.717, 1.165) is 18.1 Å². The molecule has 0 aliphatic rings. The van der Waals surface area contributed by atoms with Gasteiger partial charge >= 0.3 is 0 Å². The maximum Gasteiger partial charge on any atom is 0.129 e. The van der Waals surface area contributed by atoms with Gasteiger partial charge in [-0.1, -0.05) is 13.8 Å². The van der Waals surface area contributed by atoms with Gasteiger partial charge < -0.3 is 10.1 Å². The number of anilines is 1. The van der Waals surface area contributed by atoms with Gasteiger partial charge in [0.1, 0.15) is 12.1 Å². The lowest BCUT2D eigenvalue weighted by Gasteiger charge is -2.12. The van der Waals surface area contributed by atoms with Crippen molar-refractivity contribution in [2.45, 2.75) is 32.8 Å². The third-order valence-corrected chi connectivity index (χ3v) is 2.25. The minimum absolute atomic E-state index is 0.183. The normalized spacial score (nSPS) is 12.9. The summed E-state index contributed by atoms with van der Waals surface area (Å²) >= 11 is 0. The fraction of sp³-hybridized carbons (Fsp3) is 0.636. The van der Waals surface area contributed by atoms with Gasteiger partial charge in [0.05, 0.1) is 6.10 Å². The van der Waals surface area contributed by atoms with E-state index in [0.29, 0.717) is 5.92 Å². The third kappa shape index (κ3) is 3.83. The van der Waals surface area contributed by atoms with E-state index in [-0.39, 0.29) is 6.10 Å². The SMILES string of the molecule is COC(C)CNc1cc(C(C)C)ncn1. The van der Waals surface area contributed by atoms with Gasteiger partial charge in [-0.3, -0.25) is 0 Å². The number of rotatable bonds is 5. The van der Waals surface area contributed by atoms with E-state index in [2.05, 4.69) is 29.1 Å². The molecule has 0 aromatic carbocycles. The van der Waals surface area contributed by atoms with Crippen LogP contribution in [0, 0.1) is 0 Å². The van der Waals surface area contributed by atoms with E-state index in [1.165, 1.54) is 0 Å². The summed E-state index contributed by atoms with van der Waals surface area (Å²) in [5.41, 5.74) is 1.05. The van der Waals surface area contributed by atoms with Crippen molar-refractivity contribution in [3.05, 3.63) is 18.1 Å². The van der Waals surface area contributed by atoms with E-state index in [1.54, 1.807) is 13.4 Å². The van der Waals surface area contributed by atoms with Crippen LogP contribution in [-0.4, -0.2) is 29.7 Å². The first-order chi connectivity index (χ1) is 7.13. The Bertz CT molecular complexity index is 302. The fourth-order valence-corrected chi connectivity index (χ4v) is 1.12. The van der Waals surface area contributed by atoms with E-state index in [9.17, 15) is 0 Å². The largest absolute Gasteiger partial charge is 0.380 e. The summed E-state index contributed by atoms with van der Waals surface area (Å²) < 4.78 is 5.14. The Morgan fingerprint density at radius 1 is 1.33 bits per heavy atom. The lowest BCUT2D eigenvalue weighted by atomic mass is 10.1. The Balaban J connectivity index is 2.58. The summed E-state index contributed by atoms with van der Waals surface area (Å²) in [6, 6.07) is 1.98. The van der Waals surface area contributed by atoms with Gasteiger partial charge in [-0.2, -0.15) is 0 Å². The molecule has 0 amide bonds. The molecule has 0 saturated carbocycles. The van der Waals surface area contributed by atoms with Crippen molar-refractivity contribution in [1.29, 1.82) is 0 Å². The van der Waals surface area contributed by atoms with Gasteiger partial charge in [0.25, 0.3) is 0 Å². The summed E-state index contributed by atoms with van der Waals surface area (Å²) in [5.74, 6) is 1.28. The molecule has 1 N–H and O–H groups in total. The molecule has 15 heavy (non-hydrogen) atoms. The number of hydrogen-bond acceptors (Lipinski definition) is 4. The number of methoxy groups -OCH3 is 1. The molecule has 0 aliphatic carbocycles. The average molecular weight is 209 g/mol. The lowest BCUT2D eigenvalue weighted by molar-refractivity contribution is 0.128. The molecule has 0 aliphatic heterocycles. The van der Waals surface area contributed by atoms with Crippen LogP contribution in [0.5, 0.6) is 0 Å². The third-order valence-electron chi connectivity index (χ3n) is 2.25. The van der Waals surface area contributed by atoms with Crippen molar-refractivity contribution in [3.63, 3.8) is 0 Å². The Labute approximate surface area is 91.1 Å². The predicted molar refractivity (Wildman–Crippen MR) is 61.1 cm³/mol.